The molecule has 6 heteroatoms. The van der Waals surface area contributed by atoms with Gasteiger partial charge in [0.25, 0.3) is 0 Å². The molecular formula is C11H22N2O4. The van der Waals surface area contributed by atoms with Crippen LogP contribution in [0.4, 0.5) is 4.79 Å². The van der Waals surface area contributed by atoms with Crippen molar-refractivity contribution in [2.24, 2.45) is 5.92 Å². The molecule has 0 aliphatic rings. The number of rotatable bonds is 9. The van der Waals surface area contributed by atoms with E-state index in [0.717, 1.165) is 0 Å². The summed E-state index contributed by atoms with van der Waals surface area (Å²) in [6.45, 7) is 5.65. The van der Waals surface area contributed by atoms with Gasteiger partial charge in [-0.2, -0.15) is 0 Å². The summed E-state index contributed by atoms with van der Waals surface area (Å²) in [4.78, 5) is 21.7. The molecule has 0 saturated carbocycles. The Labute approximate surface area is 102 Å². The molecular weight excluding hydrogens is 224 g/mol. The summed E-state index contributed by atoms with van der Waals surface area (Å²) in [7, 11) is 0. The van der Waals surface area contributed by atoms with Crippen molar-refractivity contribution < 1.29 is 19.4 Å². The van der Waals surface area contributed by atoms with Crippen molar-refractivity contribution in [1.29, 1.82) is 0 Å². The molecule has 0 aliphatic carbocycles. The third-order valence-electron chi connectivity index (χ3n) is 2.26. The minimum atomic E-state index is -0.800. The summed E-state index contributed by atoms with van der Waals surface area (Å²) < 4.78 is 5.06. The van der Waals surface area contributed by atoms with Gasteiger partial charge in [-0.3, -0.25) is 4.79 Å². The Morgan fingerprint density at radius 3 is 2.53 bits per heavy atom. The molecule has 0 aliphatic heterocycles. The molecule has 0 bridgehead atoms. The molecule has 0 spiro atoms. The fourth-order valence-corrected chi connectivity index (χ4v) is 1.18. The van der Waals surface area contributed by atoms with Crippen LogP contribution in [-0.4, -0.2) is 43.4 Å². The Hall–Kier alpha value is -1.30. The van der Waals surface area contributed by atoms with Gasteiger partial charge in [0, 0.05) is 19.7 Å². The smallest absolute Gasteiger partial charge is 0.314 e. The van der Waals surface area contributed by atoms with E-state index in [9.17, 15) is 9.59 Å². The molecule has 17 heavy (non-hydrogen) atoms. The summed E-state index contributed by atoms with van der Waals surface area (Å²) >= 11 is 0. The van der Waals surface area contributed by atoms with Crippen molar-refractivity contribution in [1.82, 2.24) is 10.6 Å². The van der Waals surface area contributed by atoms with Gasteiger partial charge in [-0.1, -0.05) is 6.92 Å². The number of carbonyl (C=O) groups excluding carboxylic acids is 1. The number of nitrogens with one attached hydrogen (secondary N) is 2. The average molecular weight is 246 g/mol. The number of carboxylic acids is 1. The van der Waals surface area contributed by atoms with Gasteiger partial charge >= 0.3 is 12.0 Å². The van der Waals surface area contributed by atoms with E-state index in [2.05, 4.69) is 10.6 Å². The number of carbonyl (C=O) groups is 2. The summed E-state index contributed by atoms with van der Waals surface area (Å²) in [6.07, 6.45) is 1.22. The standard InChI is InChI=1S/C11H22N2O4/c1-3-17-8-7-13-11(16)12-6-4-5-9(2)10(14)15/h9H,3-8H2,1-2H3,(H,14,15)(H2,12,13,16). The van der Waals surface area contributed by atoms with Crippen LogP contribution in [0.15, 0.2) is 0 Å². The highest BCUT2D eigenvalue weighted by Gasteiger charge is 2.09. The molecule has 0 rings (SSSR count). The Morgan fingerprint density at radius 1 is 1.29 bits per heavy atom. The van der Waals surface area contributed by atoms with Gasteiger partial charge in [-0.15, -0.1) is 0 Å². The van der Waals surface area contributed by atoms with E-state index in [0.29, 0.717) is 39.1 Å². The van der Waals surface area contributed by atoms with Crippen molar-refractivity contribution in [2.75, 3.05) is 26.3 Å². The number of hydrogen-bond donors (Lipinski definition) is 3. The molecule has 0 aromatic heterocycles. The predicted molar refractivity (Wildman–Crippen MR) is 63.9 cm³/mol. The minimum Gasteiger partial charge on any atom is -0.481 e. The van der Waals surface area contributed by atoms with E-state index >= 15 is 0 Å². The molecule has 0 radical (unpaired) electrons. The number of aliphatic carboxylic acids is 1. The zero-order valence-corrected chi connectivity index (χ0v) is 10.5. The van der Waals surface area contributed by atoms with E-state index in [-0.39, 0.29) is 11.9 Å². The van der Waals surface area contributed by atoms with Crippen LogP contribution in [-0.2, 0) is 9.53 Å². The number of carboxylic acid groups (broad SMARTS) is 1. The molecule has 3 N–H and O–H groups in total. The largest absolute Gasteiger partial charge is 0.481 e. The van der Waals surface area contributed by atoms with Crippen LogP contribution in [0.3, 0.4) is 0 Å². The summed E-state index contributed by atoms with van der Waals surface area (Å²) in [5.41, 5.74) is 0. The van der Waals surface area contributed by atoms with E-state index in [1.807, 2.05) is 6.92 Å². The van der Waals surface area contributed by atoms with Crippen LogP contribution in [0.1, 0.15) is 26.7 Å². The Morgan fingerprint density at radius 2 is 1.94 bits per heavy atom. The second-order valence-corrected chi connectivity index (χ2v) is 3.76. The van der Waals surface area contributed by atoms with E-state index in [4.69, 9.17) is 9.84 Å². The maximum Gasteiger partial charge on any atom is 0.314 e. The number of urea groups is 1. The molecule has 0 heterocycles. The van der Waals surface area contributed by atoms with E-state index in [1.165, 1.54) is 0 Å². The molecule has 100 valence electrons. The summed E-state index contributed by atoms with van der Waals surface area (Å²) in [6, 6.07) is -0.243. The summed E-state index contributed by atoms with van der Waals surface area (Å²) in [5.74, 6) is -1.16. The van der Waals surface area contributed by atoms with Crippen molar-refractivity contribution in [3.05, 3.63) is 0 Å². The normalized spacial score (nSPS) is 11.9. The first-order valence-corrected chi connectivity index (χ1v) is 5.90. The van der Waals surface area contributed by atoms with Gasteiger partial charge in [-0.05, 0) is 19.8 Å². The maximum absolute atomic E-state index is 11.2. The highest BCUT2D eigenvalue weighted by Crippen LogP contribution is 2.03. The molecule has 0 saturated heterocycles. The van der Waals surface area contributed by atoms with Crippen molar-refractivity contribution in [3.8, 4) is 0 Å². The van der Waals surface area contributed by atoms with E-state index < -0.39 is 5.97 Å². The lowest BCUT2D eigenvalue weighted by molar-refractivity contribution is -0.141. The van der Waals surface area contributed by atoms with Crippen LogP contribution in [0, 0.1) is 5.92 Å². The monoisotopic (exact) mass is 246 g/mol. The zero-order valence-electron chi connectivity index (χ0n) is 10.5. The molecule has 0 fully saturated rings. The summed E-state index contributed by atoms with van der Waals surface area (Å²) in [5, 5.41) is 13.9. The second-order valence-electron chi connectivity index (χ2n) is 3.76. The lowest BCUT2D eigenvalue weighted by Crippen LogP contribution is -2.37. The number of ether oxygens (including phenoxy) is 1. The number of hydrogen-bond acceptors (Lipinski definition) is 3. The van der Waals surface area contributed by atoms with E-state index in [1.54, 1.807) is 6.92 Å². The van der Waals surface area contributed by atoms with Gasteiger partial charge in [0.15, 0.2) is 0 Å². The molecule has 1 unspecified atom stereocenters. The fraction of sp³-hybridized carbons (Fsp3) is 0.818. The first-order valence-electron chi connectivity index (χ1n) is 5.90. The average Bonchev–Trinajstić information content (AvgIpc) is 2.29. The van der Waals surface area contributed by atoms with Gasteiger partial charge in [0.05, 0.1) is 12.5 Å². The fourth-order valence-electron chi connectivity index (χ4n) is 1.18. The third kappa shape index (κ3) is 9.62. The molecule has 0 aromatic rings. The molecule has 0 aromatic carbocycles. The Bertz CT molecular complexity index is 234. The van der Waals surface area contributed by atoms with Gasteiger partial charge in [0.1, 0.15) is 0 Å². The van der Waals surface area contributed by atoms with Gasteiger partial charge in [-0.25, -0.2) is 4.79 Å². The quantitative estimate of drug-likeness (QED) is 0.526. The lowest BCUT2D eigenvalue weighted by Gasteiger charge is -2.08. The molecule has 1 atom stereocenters. The second kappa shape index (κ2) is 9.89. The first kappa shape index (κ1) is 15.7. The van der Waals surface area contributed by atoms with Crippen LogP contribution in [0.5, 0.6) is 0 Å². The maximum atomic E-state index is 11.2. The Kier molecular flexibility index (Phi) is 9.14. The molecule has 6 nitrogen and oxygen atoms in total. The minimum absolute atomic E-state index is 0.243. The zero-order chi connectivity index (χ0) is 13.1. The van der Waals surface area contributed by atoms with Crippen LogP contribution in [0.2, 0.25) is 0 Å². The van der Waals surface area contributed by atoms with Crippen molar-refractivity contribution in [2.45, 2.75) is 26.7 Å². The number of amides is 2. The van der Waals surface area contributed by atoms with Crippen molar-refractivity contribution >= 4 is 12.0 Å². The highest BCUT2D eigenvalue weighted by molar-refractivity contribution is 5.73. The Balaban J connectivity index is 3.36. The van der Waals surface area contributed by atoms with Gasteiger partial charge in [0.2, 0.25) is 0 Å². The van der Waals surface area contributed by atoms with Crippen LogP contribution < -0.4 is 10.6 Å². The van der Waals surface area contributed by atoms with Crippen LogP contribution in [0.25, 0.3) is 0 Å². The molecule has 2 amide bonds. The first-order chi connectivity index (χ1) is 8.07. The lowest BCUT2D eigenvalue weighted by atomic mass is 10.1. The van der Waals surface area contributed by atoms with Crippen LogP contribution >= 0.6 is 0 Å². The topological polar surface area (TPSA) is 87.7 Å². The third-order valence-corrected chi connectivity index (χ3v) is 2.26. The SMILES string of the molecule is CCOCCNC(=O)NCCCC(C)C(=O)O. The predicted octanol–water partition coefficient (Wildman–Crippen LogP) is 0.823. The highest BCUT2D eigenvalue weighted by atomic mass is 16.5. The van der Waals surface area contributed by atoms with Gasteiger partial charge < -0.3 is 20.5 Å². The van der Waals surface area contributed by atoms with Crippen molar-refractivity contribution in [3.63, 3.8) is 0 Å².